The topological polar surface area (TPSA) is 26.3 Å². The van der Waals surface area contributed by atoms with Crippen molar-refractivity contribution < 1.29 is 9.53 Å². The molecule has 166 valence electrons. The highest BCUT2D eigenvalue weighted by Crippen LogP contribution is 2.42. The molecule has 0 fully saturated rings. The van der Waals surface area contributed by atoms with E-state index < -0.39 is 0 Å². The zero-order valence-corrected chi connectivity index (χ0v) is 20.5. The van der Waals surface area contributed by atoms with Crippen LogP contribution in [0.2, 0.25) is 20.1 Å². The van der Waals surface area contributed by atoms with Crippen LogP contribution in [-0.4, -0.2) is 5.97 Å². The summed E-state index contributed by atoms with van der Waals surface area (Å²) in [6, 6.07) is 1.41. The van der Waals surface area contributed by atoms with E-state index in [1.807, 2.05) is 0 Å². The number of carbonyl (C=O) groups is 1. The zero-order valence-electron chi connectivity index (χ0n) is 17.4. The highest BCUT2D eigenvalue weighted by atomic mass is 35.5. The molecule has 2 nitrogen and oxygen atoms in total. The Kier molecular flexibility index (Phi) is 15.1. The van der Waals surface area contributed by atoms with Crippen LogP contribution in [-0.2, 0) is 4.79 Å². The van der Waals surface area contributed by atoms with E-state index in [2.05, 4.69) is 43.4 Å². The number of unbranched alkanes of at least 4 members (excludes halogenated alkanes) is 5. The summed E-state index contributed by atoms with van der Waals surface area (Å²) in [4.78, 5) is 12.0. The largest absolute Gasteiger partial charge is 0.423 e. The van der Waals surface area contributed by atoms with Crippen molar-refractivity contribution in [3.8, 4) is 5.75 Å². The van der Waals surface area contributed by atoms with Gasteiger partial charge in [0.05, 0.1) is 15.1 Å². The number of esters is 1. The van der Waals surface area contributed by atoms with E-state index >= 15 is 0 Å². The maximum absolute atomic E-state index is 12.0. The Hall–Kier alpha value is -0.930. The molecule has 0 bridgehead atoms. The number of benzene rings is 1. The highest BCUT2D eigenvalue weighted by molar-refractivity contribution is 6.50. The van der Waals surface area contributed by atoms with E-state index in [9.17, 15) is 4.79 Å². The lowest BCUT2D eigenvalue weighted by Crippen LogP contribution is -2.08. The molecule has 0 spiro atoms. The van der Waals surface area contributed by atoms with E-state index in [4.69, 9.17) is 51.1 Å². The number of carbonyl (C=O) groups excluding carboxylic acids is 1. The van der Waals surface area contributed by atoms with Crippen molar-refractivity contribution >= 4 is 52.4 Å². The first-order chi connectivity index (χ1) is 14.5. The maximum Gasteiger partial charge on any atom is 0.311 e. The lowest BCUT2D eigenvalue weighted by molar-refractivity contribution is -0.134. The van der Waals surface area contributed by atoms with Crippen molar-refractivity contribution in [2.24, 2.45) is 0 Å². The van der Waals surface area contributed by atoms with Crippen molar-refractivity contribution in [3.63, 3.8) is 0 Å². The molecule has 0 atom stereocenters. The third-order valence-electron chi connectivity index (χ3n) is 4.32. The lowest BCUT2D eigenvalue weighted by atomic mass is 10.1. The second kappa shape index (κ2) is 16.7. The Morgan fingerprint density at radius 1 is 0.800 bits per heavy atom. The van der Waals surface area contributed by atoms with Gasteiger partial charge in [0.25, 0.3) is 0 Å². The number of halogens is 4. The number of hydrogen-bond acceptors (Lipinski definition) is 2. The van der Waals surface area contributed by atoms with Crippen molar-refractivity contribution in [3.05, 3.63) is 62.6 Å². The summed E-state index contributed by atoms with van der Waals surface area (Å²) in [5, 5.41) is 0.566. The van der Waals surface area contributed by atoms with Gasteiger partial charge in [0.1, 0.15) is 5.02 Å². The summed E-state index contributed by atoms with van der Waals surface area (Å²) in [6.07, 6.45) is 22.9. The van der Waals surface area contributed by atoms with E-state index in [-0.39, 0.29) is 31.8 Å². The summed E-state index contributed by atoms with van der Waals surface area (Å²) >= 11 is 23.9. The molecule has 0 aliphatic heterocycles. The molecule has 0 amide bonds. The molecule has 1 rings (SSSR count). The van der Waals surface area contributed by atoms with Crippen LogP contribution in [0.4, 0.5) is 0 Å². The first-order valence-corrected chi connectivity index (χ1v) is 12.0. The Bertz CT molecular complexity index is 739. The van der Waals surface area contributed by atoms with Crippen LogP contribution in [0.25, 0.3) is 0 Å². The fraction of sp³-hybridized carbons (Fsp3) is 0.458. The van der Waals surface area contributed by atoms with Gasteiger partial charge in [0.2, 0.25) is 0 Å². The molecule has 1 aromatic rings. The predicted octanol–water partition coefficient (Wildman–Crippen LogP) is 9.80. The van der Waals surface area contributed by atoms with Crippen molar-refractivity contribution in [1.82, 2.24) is 0 Å². The predicted molar refractivity (Wildman–Crippen MR) is 131 cm³/mol. The average Bonchev–Trinajstić information content (AvgIpc) is 2.72. The number of rotatable bonds is 14. The average molecular weight is 492 g/mol. The minimum atomic E-state index is -0.377. The molecule has 0 aliphatic rings. The molecule has 1 aromatic carbocycles. The van der Waals surface area contributed by atoms with Gasteiger partial charge in [-0.25, -0.2) is 0 Å². The fourth-order valence-corrected chi connectivity index (χ4v) is 3.68. The zero-order chi connectivity index (χ0) is 22.2. The maximum atomic E-state index is 12.0. The molecule has 0 unspecified atom stereocenters. The monoisotopic (exact) mass is 490 g/mol. The Balaban J connectivity index is 2.09. The molecule has 0 aromatic heterocycles. The standard InChI is InChI=1S/C24H30Cl4O2/c1-2-3-4-5-6-7-8-9-10-11-12-13-14-15-16-17-21(29)30-24-20(26)18-19(25)22(27)23(24)28/h3-4,6-7,9-10,18H,2,5,8,11-17H2,1H3/b4-3-,7-6-,10-9-. The Morgan fingerprint density at radius 2 is 1.40 bits per heavy atom. The molecule has 0 radical (unpaired) electrons. The van der Waals surface area contributed by atoms with Gasteiger partial charge in [-0.3, -0.25) is 4.79 Å². The van der Waals surface area contributed by atoms with Crippen molar-refractivity contribution in [1.29, 1.82) is 0 Å². The van der Waals surface area contributed by atoms with Gasteiger partial charge in [0.15, 0.2) is 5.75 Å². The molecule has 30 heavy (non-hydrogen) atoms. The van der Waals surface area contributed by atoms with Crippen LogP contribution in [0.3, 0.4) is 0 Å². The third kappa shape index (κ3) is 11.5. The summed E-state index contributed by atoms with van der Waals surface area (Å²) in [6.45, 7) is 2.14. The van der Waals surface area contributed by atoms with Gasteiger partial charge in [0, 0.05) is 6.42 Å². The summed E-state index contributed by atoms with van der Waals surface area (Å²) < 4.78 is 5.27. The van der Waals surface area contributed by atoms with Gasteiger partial charge in [-0.15, -0.1) is 0 Å². The summed E-state index contributed by atoms with van der Waals surface area (Å²) in [5.74, 6) is -0.310. The molecule has 6 heteroatoms. The quantitative estimate of drug-likeness (QED) is 0.0645. The van der Waals surface area contributed by atoms with Crippen LogP contribution >= 0.6 is 46.4 Å². The highest BCUT2D eigenvalue weighted by Gasteiger charge is 2.17. The number of ether oxygens (including phenoxy) is 1. The fourth-order valence-electron chi connectivity index (χ4n) is 2.70. The van der Waals surface area contributed by atoms with E-state index in [1.165, 1.54) is 12.5 Å². The van der Waals surface area contributed by atoms with Crippen LogP contribution in [0.1, 0.15) is 71.1 Å². The normalized spacial score (nSPS) is 11.9. The first kappa shape index (κ1) is 27.1. The van der Waals surface area contributed by atoms with E-state index in [0.29, 0.717) is 6.42 Å². The molecule has 0 N–H and O–H groups in total. The first-order valence-electron chi connectivity index (χ1n) is 10.5. The minimum Gasteiger partial charge on any atom is -0.423 e. The SMILES string of the molecule is CC/C=C\C/C=C\C/C=C\CCCCCCCC(=O)Oc1c(Cl)cc(Cl)c(Cl)c1Cl. The van der Waals surface area contributed by atoms with E-state index in [0.717, 1.165) is 51.4 Å². The van der Waals surface area contributed by atoms with Crippen LogP contribution in [0, 0.1) is 0 Å². The van der Waals surface area contributed by atoms with Gasteiger partial charge >= 0.3 is 5.97 Å². The lowest BCUT2D eigenvalue weighted by Gasteiger charge is -2.10. The van der Waals surface area contributed by atoms with Crippen LogP contribution < -0.4 is 4.74 Å². The summed E-state index contributed by atoms with van der Waals surface area (Å²) in [7, 11) is 0. The van der Waals surface area contributed by atoms with Gasteiger partial charge in [-0.2, -0.15) is 0 Å². The number of allylic oxidation sites excluding steroid dienone is 6. The van der Waals surface area contributed by atoms with E-state index in [1.54, 1.807) is 0 Å². The molecule has 0 heterocycles. The van der Waals surface area contributed by atoms with Gasteiger partial charge in [-0.1, -0.05) is 109 Å². The third-order valence-corrected chi connectivity index (χ3v) is 5.85. The molecule has 0 saturated carbocycles. The second-order valence-electron chi connectivity index (χ2n) is 6.87. The Labute approximate surface area is 200 Å². The summed E-state index contributed by atoms with van der Waals surface area (Å²) in [5.41, 5.74) is 0. The van der Waals surface area contributed by atoms with Crippen molar-refractivity contribution in [2.75, 3.05) is 0 Å². The number of hydrogen-bond donors (Lipinski definition) is 0. The second-order valence-corrected chi connectivity index (χ2v) is 8.44. The Morgan fingerprint density at radius 3 is 2.10 bits per heavy atom. The molecular weight excluding hydrogens is 462 g/mol. The van der Waals surface area contributed by atoms with Gasteiger partial charge < -0.3 is 4.74 Å². The molecular formula is C24H30Cl4O2. The molecule has 0 aliphatic carbocycles. The smallest absolute Gasteiger partial charge is 0.311 e. The van der Waals surface area contributed by atoms with Crippen molar-refractivity contribution in [2.45, 2.75) is 71.1 Å². The van der Waals surface area contributed by atoms with Crippen LogP contribution in [0.15, 0.2) is 42.5 Å². The van der Waals surface area contributed by atoms with Crippen LogP contribution in [0.5, 0.6) is 5.75 Å². The van der Waals surface area contributed by atoms with Gasteiger partial charge in [-0.05, 0) is 44.6 Å². The molecule has 0 saturated heterocycles. The minimum absolute atomic E-state index is 0.0550.